The Hall–Kier alpha value is -3.00. The molecule has 27 heavy (non-hydrogen) atoms. The Morgan fingerprint density at radius 1 is 1.33 bits per heavy atom. The monoisotopic (exact) mass is 390 g/mol. The van der Waals surface area contributed by atoms with Gasteiger partial charge in [-0.1, -0.05) is 23.7 Å². The minimum Gasteiger partial charge on any atom is -0.334 e. The molecular weight excluding hydrogens is 375 g/mol. The van der Waals surface area contributed by atoms with Crippen LogP contribution in [0.2, 0.25) is 5.02 Å². The number of anilines is 1. The van der Waals surface area contributed by atoms with E-state index in [1.165, 1.54) is 29.0 Å². The van der Waals surface area contributed by atoms with Gasteiger partial charge in [0.05, 0.1) is 16.3 Å². The number of aryl methyl sites for hydroxylation is 1. The van der Waals surface area contributed by atoms with E-state index >= 15 is 0 Å². The highest BCUT2D eigenvalue weighted by atomic mass is 35.5. The number of hydrogen-bond donors (Lipinski definition) is 1. The van der Waals surface area contributed by atoms with Crippen molar-refractivity contribution in [1.82, 2.24) is 14.7 Å². The Balaban J connectivity index is 1.77. The maximum Gasteiger partial charge on any atom is 0.259 e. The summed E-state index contributed by atoms with van der Waals surface area (Å²) in [7, 11) is 0. The van der Waals surface area contributed by atoms with Gasteiger partial charge in [-0.3, -0.25) is 9.59 Å². The van der Waals surface area contributed by atoms with Crippen LogP contribution in [-0.2, 0) is 17.8 Å². The van der Waals surface area contributed by atoms with Crippen LogP contribution in [0.15, 0.2) is 45.8 Å². The van der Waals surface area contributed by atoms with Crippen molar-refractivity contribution in [3.63, 3.8) is 0 Å². The topological polar surface area (TPSA) is 90.0 Å². The minimum atomic E-state index is -0.510. The van der Waals surface area contributed by atoms with Crippen LogP contribution >= 0.6 is 11.6 Å². The molecule has 0 aliphatic carbocycles. The van der Waals surface area contributed by atoms with E-state index < -0.39 is 11.7 Å². The number of aromatic nitrogens is 3. The number of nitrogens with zero attached hydrogens (tertiary/aromatic N) is 3. The first-order valence-electron chi connectivity index (χ1n) is 8.24. The second-order valence-electron chi connectivity index (χ2n) is 5.82. The van der Waals surface area contributed by atoms with Gasteiger partial charge >= 0.3 is 0 Å². The molecule has 140 valence electrons. The zero-order chi connectivity index (χ0) is 19.4. The summed E-state index contributed by atoms with van der Waals surface area (Å²) >= 11 is 5.89. The predicted molar refractivity (Wildman–Crippen MR) is 98.0 cm³/mol. The SMILES string of the molecule is CCCc1noc(-c2ccc(=O)n(CC(=O)Nc3ccc(F)cc3Cl)c2)n1. The van der Waals surface area contributed by atoms with Crippen LogP contribution in [0.1, 0.15) is 19.2 Å². The Morgan fingerprint density at radius 3 is 2.89 bits per heavy atom. The van der Waals surface area contributed by atoms with Gasteiger partial charge < -0.3 is 14.4 Å². The minimum absolute atomic E-state index is 0.0683. The van der Waals surface area contributed by atoms with Crippen molar-refractivity contribution in [2.45, 2.75) is 26.3 Å². The summed E-state index contributed by atoms with van der Waals surface area (Å²) in [6, 6.07) is 6.49. The normalized spacial score (nSPS) is 10.8. The van der Waals surface area contributed by atoms with Crippen LogP contribution in [0.25, 0.3) is 11.5 Å². The third-order valence-electron chi connectivity index (χ3n) is 3.69. The summed E-state index contributed by atoms with van der Waals surface area (Å²) in [4.78, 5) is 28.5. The summed E-state index contributed by atoms with van der Waals surface area (Å²) in [5.41, 5.74) is 0.415. The Labute approximate surface area is 158 Å². The molecule has 0 bridgehead atoms. The highest BCUT2D eigenvalue weighted by molar-refractivity contribution is 6.33. The molecule has 3 aromatic rings. The van der Waals surface area contributed by atoms with Gasteiger partial charge in [-0.25, -0.2) is 4.39 Å². The zero-order valence-corrected chi connectivity index (χ0v) is 15.2. The van der Waals surface area contributed by atoms with Crippen LogP contribution in [0.5, 0.6) is 0 Å². The molecule has 9 heteroatoms. The van der Waals surface area contributed by atoms with Crippen LogP contribution in [0.4, 0.5) is 10.1 Å². The van der Waals surface area contributed by atoms with E-state index in [1.54, 1.807) is 6.07 Å². The molecule has 3 rings (SSSR count). The Kier molecular flexibility index (Phi) is 5.66. The molecule has 2 heterocycles. The molecule has 0 atom stereocenters. The third-order valence-corrected chi connectivity index (χ3v) is 4.00. The highest BCUT2D eigenvalue weighted by Gasteiger charge is 2.12. The van der Waals surface area contributed by atoms with Crippen molar-refractivity contribution in [3.05, 3.63) is 63.5 Å². The van der Waals surface area contributed by atoms with Crippen molar-refractivity contribution < 1.29 is 13.7 Å². The van der Waals surface area contributed by atoms with Crippen molar-refractivity contribution in [2.24, 2.45) is 0 Å². The van der Waals surface area contributed by atoms with Gasteiger partial charge in [0, 0.05) is 18.7 Å². The van der Waals surface area contributed by atoms with E-state index in [1.807, 2.05) is 6.92 Å². The molecule has 1 aromatic carbocycles. The maximum atomic E-state index is 13.1. The molecule has 0 unspecified atom stereocenters. The Bertz CT molecular complexity index is 1030. The van der Waals surface area contributed by atoms with Crippen LogP contribution < -0.4 is 10.9 Å². The molecule has 0 fully saturated rings. The number of carbonyl (C=O) groups excluding carboxylic acids is 1. The van der Waals surface area contributed by atoms with Gasteiger partial charge in [0.15, 0.2) is 5.82 Å². The van der Waals surface area contributed by atoms with Gasteiger partial charge in [-0.15, -0.1) is 0 Å². The predicted octanol–water partition coefficient (Wildman–Crippen LogP) is 3.28. The first kappa shape index (κ1) is 18.8. The van der Waals surface area contributed by atoms with Gasteiger partial charge in [0.2, 0.25) is 5.91 Å². The lowest BCUT2D eigenvalue weighted by Crippen LogP contribution is -2.27. The first-order valence-corrected chi connectivity index (χ1v) is 8.62. The quantitative estimate of drug-likeness (QED) is 0.697. The molecule has 0 aliphatic rings. The second kappa shape index (κ2) is 8.13. The summed E-state index contributed by atoms with van der Waals surface area (Å²) < 4.78 is 19.5. The molecule has 0 spiro atoms. The van der Waals surface area contributed by atoms with Crippen molar-refractivity contribution in [2.75, 3.05) is 5.32 Å². The fourth-order valence-corrected chi connectivity index (χ4v) is 2.63. The fraction of sp³-hybridized carbons (Fsp3) is 0.222. The summed E-state index contributed by atoms with van der Waals surface area (Å²) in [6.07, 6.45) is 3.03. The zero-order valence-electron chi connectivity index (χ0n) is 14.4. The lowest BCUT2D eigenvalue weighted by molar-refractivity contribution is -0.116. The highest BCUT2D eigenvalue weighted by Crippen LogP contribution is 2.22. The number of carbonyl (C=O) groups is 1. The van der Waals surface area contributed by atoms with Crippen molar-refractivity contribution in [3.8, 4) is 11.5 Å². The number of hydrogen-bond acceptors (Lipinski definition) is 5. The number of benzene rings is 1. The van der Waals surface area contributed by atoms with Gasteiger partial charge in [-0.05, 0) is 30.7 Å². The number of halogens is 2. The van der Waals surface area contributed by atoms with E-state index in [2.05, 4.69) is 15.5 Å². The average molecular weight is 391 g/mol. The van der Waals surface area contributed by atoms with E-state index in [9.17, 15) is 14.0 Å². The van der Waals surface area contributed by atoms with Crippen LogP contribution in [-0.4, -0.2) is 20.6 Å². The van der Waals surface area contributed by atoms with E-state index in [4.69, 9.17) is 16.1 Å². The van der Waals surface area contributed by atoms with Gasteiger partial charge in [-0.2, -0.15) is 4.98 Å². The van der Waals surface area contributed by atoms with Crippen LogP contribution in [0.3, 0.4) is 0 Å². The third kappa shape index (κ3) is 4.59. The summed E-state index contributed by atoms with van der Waals surface area (Å²) in [5, 5.41) is 6.48. The molecule has 1 N–H and O–H groups in total. The lowest BCUT2D eigenvalue weighted by atomic mass is 10.2. The van der Waals surface area contributed by atoms with Crippen LogP contribution in [0, 0.1) is 5.82 Å². The summed E-state index contributed by atoms with van der Waals surface area (Å²) in [5.74, 6) is -0.146. The second-order valence-corrected chi connectivity index (χ2v) is 6.23. The molecule has 7 nitrogen and oxygen atoms in total. The molecule has 0 saturated heterocycles. The van der Waals surface area contributed by atoms with E-state index in [0.717, 1.165) is 12.5 Å². The molecule has 0 aliphatic heterocycles. The van der Waals surface area contributed by atoms with Crippen molar-refractivity contribution in [1.29, 1.82) is 0 Å². The number of nitrogens with one attached hydrogen (secondary N) is 1. The van der Waals surface area contributed by atoms with E-state index in [-0.39, 0.29) is 28.7 Å². The molecule has 2 aromatic heterocycles. The van der Waals surface area contributed by atoms with E-state index in [0.29, 0.717) is 17.8 Å². The smallest absolute Gasteiger partial charge is 0.259 e. The molecule has 0 radical (unpaired) electrons. The first-order chi connectivity index (χ1) is 13.0. The average Bonchev–Trinajstić information content (AvgIpc) is 3.08. The number of rotatable bonds is 6. The lowest BCUT2D eigenvalue weighted by Gasteiger charge is -2.09. The Morgan fingerprint density at radius 2 is 2.15 bits per heavy atom. The molecular formula is C18H16ClFN4O3. The number of pyridine rings is 1. The number of amides is 1. The maximum absolute atomic E-state index is 13.1. The standard InChI is InChI=1S/C18H16ClFN4O3/c1-2-3-15-22-18(27-23-15)11-4-7-17(26)24(9-11)10-16(25)21-14-6-5-12(20)8-13(14)19/h4-9H,2-3,10H2,1H3,(H,21,25). The largest absolute Gasteiger partial charge is 0.334 e. The fourth-order valence-electron chi connectivity index (χ4n) is 2.41. The van der Waals surface area contributed by atoms with Gasteiger partial charge in [0.25, 0.3) is 11.4 Å². The molecule has 1 amide bonds. The molecule has 0 saturated carbocycles. The van der Waals surface area contributed by atoms with Gasteiger partial charge in [0.1, 0.15) is 12.4 Å². The summed E-state index contributed by atoms with van der Waals surface area (Å²) in [6.45, 7) is 1.75. The van der Waals surface area contributed by atoms with Crippen molar-refractivity contribution >= 4 is 23.2 Å².